The predicted molar refractivity (Wildman–Crippen MR) is 73.2 cm³/mol. The lowest BCUT2D eigenvalue weighted by Crippen LogP contribution is -2.38. The molecule has 0 aliphatic rings. The Kier molecular flexibility index (Phi) is 5.66. The lowest BCUT2D eigenvalue weighted by molar-refractivity contribution is 0.119. The molecule has 0 aliphatic heterocycles. The van der Waals surface area contributed by atoms with Crippen molar-refractivity contribution < 1.29 is 5.11 Å². The van der Waals surface area contributed by atoms with Crippen LogP contribution in [-0.4, -0.2) is 23.8 Å². The van der Waals surface area contributed by atoms with Gasteiger partial charge in [-0.2, -0.15) is 0 Å². The molecule has 3 unspecified atom stereocenters. The molecule has 96 valence electrons. The minimum atomic E-state index is -0.263. The summed E-state index contributed by atoms with van der Waals surface area (Å²) in [5, 5.41) is 13.2. The quantitative estimate of drug-likeness (QED) is 0.794. The first kappa shape index (κ1) is 14.2. The smallest absolute Gasteiger partial charge is 0.0687 e. The van der Waals surface area contributed by atoms with Gasteiger partial charge in [-0.15, -0.1) is 0 Å². The molecule has 0 aromatic heterocycles. The van der Waals surface area contributed by atoms with Gasteiger partial charge < -0.3 is 10.4 Å². The molecule has 2 heteroatoms. The fourth-order valence-corrected chi connectivity index (χ4v) is 1.76. The zero-order valence-electron chi connectivity index (χ0n) is 11.4. The molecule has 2 N–H and O–H groups in total. The topological polar surface area (TPSA) is 32.3 Å². The van der Waals surface area contributed by atoms with Crippen LogP contribution in [0, 0.1) is 5.92 Å². The van der Waals surface area contributed by atoms with Crippen LogP contribution in [-0.2, 0) is 0 Å². The van der Waals surface area contributed by atoms with Gasteiger partial charge in [-0.3, -0.25) is 0 Å². The van der Waals surface area contributed by atoms with E-state index < -0.39 is 0 Å². The van der Waals surface area contributed by atoms with Crippen LogP contribution in [0.15, 0.2) is 30.3 Å². The van der Waals surface area contributed by atoms with E-state index in [1.807, 2.05) is 19.9 Å². The molecule has 0 saturated heterocycles. The van der Waals surface area contributed by atoms with Crippen LogP contribution in [0.5, 0.6) is 0 Å². The molecular formula is C15H25NO. The highest BCUT2D eigenvalue weighted by Gasteiger charge is 2.16. The molecule has 2 nitrogen and oxygen atoms in total. The van der Waals surface area contributed by atoms with Crippen molar-refractivity contribution in [3.63, 3.8) is 0 Å². The minimum absolute atomic E-state index is 0.263. The van der Waals surface area contributed by atoms with Crippen molar-refractivity contribution in [1.29, 1.82) is 0 Å². The first-order valence-corrected chi connectivity index (χ1v) is 6.48. The van der Waals surface area contributed by atoms with E-state index in [1.165, 1.54) is 5.56 Å². The monoisotopic (exact) mass is 235 g/mol. The third-order valence-corrected chi connectivity index (χ3v) is 3.49. The largest absolute Gasteiger partial charge is 0.392 e. The minimum Gasteiger partial charge on any atom is -0.392 e. The van der Waals surface area contributed by atoms with Gasteiger partial charge in [0, 0.05) is 12.6 Å². The van der Waals surface area contributed by atoms with Crippen molar-refractivity contribution in [3.05, 3.63) is 35.9 Å². The van der Waals surface area contributed by atoms with Crippen LogP contribution in [0.25, 0.3) is 0 Å². The molecule has 0 spiro atoms. The molecule has 0 radical (unpaired) electrons. The van der Waals surface area contributed by atoms with Crippen LogP contribution in [0.3, 0.4) is 0 Å². The molecular weight excluding hydrogens is 210 g/mol. The van der Waals surface area contributed by atoms with Gasteiger partial charge in [-0.25, -0.2) is 0 Å². The molecule has 1 aromatic rings. The zero-order chi connectivity index (χ0) is 12.8. The summed E-state index contributed by atoms with van der Waals surface area (Å²) >= 11 is 0. The third-order valence-electron chi connectivity index (χ3n) is 3.49. The predicted octanol–water partition coefficient (Wildman–Crippen LogP) is 2.79. The Labute approximate surface area is 105 Å². The number of benzene rings is 1. The Hall–Kier alpha value is -0.860. The lowest BCUT2D eigenvalue weighted by Gasteiger charge is -2.24. The van der Waals surface area contributed by atoms with Gasteiger partial charge in [0.05, 0.1) is 6.10 Å². The second-order valence-corrected chi connectivity index (χ2v) is 5.21. The number of aliphatic hydroxyl groups excluding tert-OH is 1. The van der Waals surface area contributed by atoms with E-state index in [9.17, 15) is 5.11 Å². The van der Waals surface area contributed by atoms with Crippen molar-refractivity contribution in [1.82, 2.24) is 5.32 Å². The number of hydrogen-bond acceptors (Lipinski definition) is 2. The van der Waals surface area contributed by atoms with E-state index in [-0.39, 0.29) is 6.10 Å². The van der Waals surface area contributed by atoms with Gasteiger partial charge in [0.1, 0.15) is 0 Å². The fourth-order valence-electron chi connectivity index (χ4n) is 1.76. The molecule has 0 amide bonds. The zero-order valence-corrected chi connectivity index (χ0v) is 11.4. The summed E-state index contributed by atoms with van der Waals surface area (Å²) in [6.07, 6.45) is -0.263. The van der Waals surface area contributed by atoms with E-state index in [4.69, 9.17) is 0 Å². The summed E-state index contributed by atoms with van der Waals surface area (Å²) in [6.45, 7) is 9.13. The number of nitrogens with one attached hydrogen (secondary N) is 1. The number of rotatable bonds is 6. The average Bonchev–Trinajstić information content (AvgIpc) is 2.35. The summed E-state index contributed by atoms with van der Waals surface area (Å²) in [4.78, 5) is 0. The van der Waals surface area contributed by atoms with Gasteiger partial charge >= 0.3 is 0 Å². The molecule has 0 saturated carbocycles. The number of hydrogen-bond donors (Lipinski definition) is 2. The highest BCUT2D eigenvalue weighted by molar-refractivity contribution is 5.20. The van der Waals surface area contributed by atoms with E-state index in [1.54, 1.807) is 0 Å². The maximum absolute atomic E-state index is 9.77. The summed E-state index contributed by atoms with van der Waals surface area (Å²) in [5.74, 6) is 0.761. The maximum Gasteiger partial charge on any atom is 0.0687 e. The maximum atomic E-state index is 9.77. The Morgan fingerprint density at radius 1 is 1.06 bits per heavy atom. The Morgan fingerprint density at radius 3 is 2.18 bits per heavy atom. The SMILES string of the molecule is CC(C)C(O)CNC(C)C(C)c1ccccc1. The van der Waals surface area contributed by atoms with Crippen LogP contribution in [0.1, 0.15) is 39.2 Å². The van der Waals surface area contributed by atoms with Gasteiger partial charge in [0.25, 0.3) is 0 Å². The summed E-state index contributed by atoms with van der Waals surface area (Å²) in [6, 6.07) is 10.9. The van der Waals surface area contributed by atoms with Gasteiger partial charge in [-0.1, -0.05) is 51.1 Å². The second-order valence-electron chi connectivity index (χ2n) is 5.21. The molecule has 17 heavy (non-hydrogen) atoms. The van der Waals surface area contributed by atoms with E-state index in [0.29, 0.717) is 24.4 Å². The van der Waals surface area contributed by atoms with Crippen LogP contribution < -0.4 is 5.32 Å². The van der Waals surface area contributed by atoms with E-state index in [0.717, 1.165) is 0 Å². The summed E-state index contributed by atoms with van der Waals surface area (Å²) in [5.41, 5.74) is 1.34. The van der Waals surface area contributed by atoms with Crippen LogP contribution in [0.4, 0.5) is 0 Å². The first-order valence-electron chi connectivity index (χ1n) is 6.48. The van der Waals surface area contributed by atoms with Crippen molar-refractivity contribution in [3.8, 4) is 0 Å². The molecule has 1 aromatic carbocycles. The highest BCUT2D eigenvalue weighted by atomic mass is 16.3. The Balaban J connectivity index is 2.45. The Morgan fingerprint density at radius 2 is 1.65 bits per heavy atom. The van der Waals surface area contributed by atoms with Crippen molar-refractivity contribution in [2.45, 2.75) is 45.8 Å². The summed E-state index contributed by atoms with van der Waals surface area (Å²) < 4.78 is 0. The molecule has 0 heterocycles. The van der Waals surface area contributed by atoms with Crippen LogP contribution in [0.2, 0.25) is 0 Å². The van der Waals surface area contributed by atoms with E-state index in [2.05, 4.69) is 43.4 Å². The van der Waals surface area contributed by atoms with Gasteiger partial charge in [0.2, 0.25) is 0 Å². The average molecular weight is 235 g/mol. The highest BCUT2D eigenvalue weighted by Crippen LogP contribution is 2.18. The molecule has 0 bridgehead atoms. The standard InChI is InChI=1S/C15H25NO/c1-11(2)15(17)10-16-13(4)12(3)14-8-6-5-7-9-14/h5-9,11-13,15-17H,10H2,1-4H3. The molecule has 0 fully saturated rings. The first-order chi connectivity index (χ1) is 8.02. The van der Waals surface area contributed by atoms with Crippen molar-refractivity contribution in [2.24, 2.45) is 5.92 Å². The Bertz CT molecular complexity index is 310. The van der Waals surface area contributed by atoms with Crippen LogP contribution >= 0.6 is 0 Å². The molecule has 3 atom stereocenters. The van der Waals surface area contributed by atoms with Crippen molar-refractivity contribution in [2.75, 3.05) is 6.54 Å². The number of aliphatic hydroxyl groups is 1. The normalized spacial score (nSPS) is 16.8. The molecule has 0 aliphatic carbocycles. The van der Waals surface area contributed by atoms with E-state index >= 15 is 0 Å². The van der Waals surface area contributed by atoms with Gasteiger partial charge in [0.15, 0.2) is 0 Å². The van der Waals surface area contributed by atoms with Crippen molar-refractivity contribution >= 4 is 0 Å². The second kappa shape index (κ2) is 6.77. The summed E-state index contributed by atoms with van der Waals surface area (Å²) in [7, 11) is 0. The fraction of sp³-hybridized carbons (Fsp3) is 0.600. The lowest BCUT2D eigenvalue weighted by atomic mass is 9.94. The van der Waals surface area contributed by atoms with Gasteiger partial charge in [-0.05, 0) is 24.3 Å². The molecule has 1 rings (SSSR count). The third kappa shape index (κ3) is 4.49.